The lowest BCUT2D eigenvalue weighted by Gasteiger charge is -2.17. The SMILES string of the molecule is COc1cccc(F)c1C(=O)N[C@H](CC(C)C)C(=O)O. The number of nitrogens with one attached hydrogen (secondary N) is 1. The van der Waals surface area contributed by atoms with Crippen LogP contribution in [0.3, 0.4) is 0 Å². The van der Waals surface area contributed by atoms with Crippen molar-refractivity contribution in [3.8, 4) is 5.75 Å². The number of carboxylic acids is 1. The van der Waals surface area contributed by atoms with Gasteiger partial charge in [0, 0.05) is 0 Å². The molecule has 1 aromatic rings. The van der Waals surface area contributed by atoms with Gasteiger partial charge in [-0.15, -0.1) is 0 Å². The van der Waals surface area contributed by atoms with Gasteiger partial charge >= 0.3 is 5.97 Å². The Bertz CT molecular complexity index is 502. The molecule has 0 aliphatic carbocycles. The highest BCUT2D eigenvalue weighted by molar-refractivity contribution is 5.99. The third-order valence-corrected chi connectivity index (χ3v) is 2.73. The van der Waals surface area contributed by atoms with E-state index in [9.17, 15) is 14.0 Å². The molecule has 6 heteroatoms. The van der Waals surface area contributed by atoms with Gasteiger partial charge in [-0.05, 0) is 24.5 Å². The van der Waals surface area contributed by atoms with Crippen LogP contribution in [0.25, 0.3) is 0 Å². The van der Waals surface area contributed by atoms with Crippen molar-refractivity contribution in [2.24, 2.45) is 5.92 Å². The maximum absolute atomic E-state index is 13.7. The molecular weight excluding hydrogens is 265 g/mol. The van der Waals surface area contributed by atoms with Crippen LogP contribution >= 0.6 is 0 Å². The minimum atomic E-state index is -1.15. The van der Waals surface area contributed by atoms with E-state index in [0.717, 1.165) is 6.07 Å². The lowest BCUT2D eigenvalue weighted by Crippen LogP contribution is -2.42. The number of rotatable bonds is 6. The van der Waals surface area contributed by atoms with Crippen LogP contribution in [0.5, 0.6) is 5.75 Å². The number of carbonyl (C=O) groups is 2. The van der Waals surface area contributed by atoms with Crippen LogP contribution in [0.15, 0.2) is 18.2 Å². The largest absolute Gasteiger partial charge is 0.496 e. The van der Waals surface area contributed by atoms with Gasteiger partial charge in [-0.1, -0.05) is 19.9 Å². The van der Waals surface area contributed by atoms with Crippen molar-refractivity contribution >= 4 is 11.9 Å². The first-order valence-electron chi connectivity index (χ1n) is 6.23. The summed E-state index contributed by atoms with van der Waals surface area (Å²) in [5, 5.41) is 11.4. The van der Waals surface area contributed by atoms with Crippen molar-refractivity contribution in [3.63, 3.8) is 0 Å². The fraction of sp³-hybridized carbons (Fsp3) is 0.429. The molecule has 0 bridgehead atoms. The number of hydrogen-bond acceptors (Lipinski definition) is 3. The molecule has 0 radical (unpaired) electrons. The molecular formula is C14H18FNO4. The summed E-state index contributed by atoms with van der Waals surface area (Å²) in [6.07, 6.45) is 0.262. The molecule has 5 nitrogen and oxygen atoms in total. The first-order chi connectivity index (χ1) is 9.36. The zero-order valence-electron chi connectivity index (χ0n) is 11.6. The molecule has 0 aromatic heterocycles. The summed E-state index contributed by atoms with van der Waals surface area (Å²) in [4.78, 5) is 23.1. The number of hydrogen-bond donors (Lipinski definition) is 2. The minimum Gasteiger partial charge on any atom is -0.496 e. The third kappa shape index (κ3) is 3.94. The van der Waals surface area contributed by atoms with Crippen molar-refractivity contribution in [1.82, 2.24) is 5.32 Å². The highest BCUT2D eigenvalue weighted by Gasteiger charge is 2.25. The van der Waals surface area contributed by atoms with Gasteiger partial charge in [0.15, 0.2) is 0 Å². The zero-order valence-corrected chi connectivity index (χ0v) is 11.6. The molecule has 20 heavy (non-hydrogen) atoms. The molecule has 0 aliphatic heterocycles. The van der Waals surface area contributed by atoms with Gasteiger partial charge in [0.1, 0.15) is 23.2 Å². The number of aliphatic carboxylic acids is 1. The molecule has 1 aromatic carbocycles. The minimum absolute atomic E-state index is 0.0659. The van der Waals surface area contributed by atoms with E-state index in [0.29, 0.717) is 0 Å². The second kappa shape index (κ2) is 6.88. The number of halogens is 1. The maximum atomic E-state index is 13.7. The zero-order chi connectivity index (χ0) is 15.3. The Balaban J connectivity index is 2.97. The number of methoxy groups -OCH3 is 1. The van der Waals surface area contributed by atoms with Gasteiger partial charge in [0.25, 0.3) is 5.91 Å². The molecule has 0 saturated heterocycles. The Labute approximate surface area is 116 Å². The van der Waals surface area contributed by atoms with Crippen molar-refractivity contribution < 1.29 is 23.8 Å². The van der Waals surface area contributed by atoms with Crippen LogP contribution in [0.4, 0.5) is 4.39 Å². The topological polar surface area (TPSA) is 75.6 Å². The second-order valence-corrected chi connectivity index (χ2v) is 4.81. The van der Waals surface area contributed by atoms with Gasteiger partial charge < -0.3 is 15.2 Å². The van der Waals surface area contributed by atoms with E-state index >= 15 is 0 Å². The molecule has 1 atom stereocenters. The van der Waals surface area contributed by atoms with Crippen LogP contribution < -0.4 is 10.1 Å². The predicted octanol–water partition coefficient (Wildman–Crippen LogP) is 2.06. The summed E-state index contributed by atoms with van der Waals surface area (Å²) in [6, 6.07) is 2.91. The first kappa shape index (κ1) is 15.9. The number of ether oxygens (including phenoxy) is 1. The van der Waals surface area contributed by atoms with E-state index in [4.69, 9.17) is 9.84 Å². The van der Waals surface area contributed by atoms with Crippen LogP contribution in [0, 0.1) is 11.7 Å². The standard InChI is InChI=1S/C14H18FNO4/c1-8(2)7-10(14(18)19)16-13(17)12-9(15)5-4-6-11(12)20-3/h4-6,8,10H,7H2,1-3H3,(H,16,17)(H,18,19)/t10-/m1/s1. The van der Waals surface area contributed by atoms with E-state index in [2.05, 4.69) is 5.32 Å². The summed E-state index contributed by atoms with van der Waals surface area (Å²) >= 11 is 0. The molecule has 0 fully saturated rings. The molecule has 0 spiro atoms. The van der Waals surface area contributed by atoms with Gasteiger partial charge in [-0.2, -0.15) is 0 Å². The summed E-state index contributed by atoms with van der Waals surface area (Å²) in [5.74, 6) is -2.55. The van der Waals surface area contributed by atoms with E-state index in [-0.39, 0.29) is 23.7 Å². The van der Waals surface area contributed by atoms with Crippen molar-refractivity contribution in [1.29, 1.82) is 0 Å². The Hall–Kier alpha value is -2.11. The summed E-state index contributed by atoms with van der Waals surface area (Å²) < 4.78 is 18.6. The summed E-state index contributed by atoms with van der Waals surface area (Å²) in [7, 11) is 1.31. The van der Waals surface area contributed by atoms with Gasteiger partial charge in [0.05, 0.1) is 7.11 Å². The Morgan fingerprint density at radius 3 is 2.55 bits per heavy atom. The van der Waals surface area contributed by atoms with E-state index in [1.807, 2.05) is 13.8 Å². The molecule has 1 rings (SSSR count). The predicted molar refractivity (Wildman–Crippen MR) is 71.3 cm³/mol. The molecule has 2 N–H and O–H groups in total. The number of carbonyl (C=O) groups excluding carboxylic acids is 1. The van der Waals surface area contributed by atoms with Gasteiger partial charge in [-0.25, -0.2) is 9.18 Å². The summed E-state index contributed by atoms with van der Waals surface area (Å²) in [5.41, 5.74) is -0.287. The lowest BCUT2D eigenvalue weighted by molar-refractivity contribution is -0.139. The lowest BCUT2D eigenvalue weighted by atomic mass is 10.0. The Morgan fingerprint density at radius 2 is 2.05 bits per heavy atom. The van der Waals surface area contributed by atoms with Gasteiger partial charge in [0.2, 0.25) is 0 Å². The molecule has 0 heterocycles. The maximum Gasteiger partial charge on any atom is 0.326 e. The number of carboxylic acid groups (broad SMARTS) is 1. The quantitative estimate of drug-likeness (QED) is 0.838. The third-order valence-electron chi connectivity index (χ3n) is 2.73. The molecule has 110 valence electrons. The molecule has 1 amide bonds. The van der Waals surface area contributed by atoms with Crippen LogP contribution in [0.1, 0.15) is 30.6 Å². The fourth-order valence-electron chi connectivity index (χ4n) is 1.82. The molecule has 0 saturated carbocycles. The smallest absolute Gasteiger partial charge is 0.326 e. The summed E-state index contributed by atoms with van der Waals surface area (Å²) in [6.45, 7) is 3.68. The normalized spacial score (nSPS) is 12.1. The monoisotopic (exact) mass is 283 g/mol. The Kier molecular flexibility index (Phi) is 5.49. The van der Waals surface area contributed by atoms with Crippen molar-refractivity contribution in [3.05, 3.63) is 29.6 Å². The van der Waals surface area contributed by atoms with Crippen LogP contribution in [-0.2, 0) is 4.79 Å². The number of amides is 1. The van der Waals surface area contributed by atoms with Crippen molar-refractivity contribution in [2.75, 3.05) is 7.11 Å². The van der Waals surface area contributed by atoms with Crippen molar-refractivity contribution in [2.45, 2.75) is 26.3 Å². The van der Waals surface area contributed by atoms with Gasteiger partial charge in [-0.3, -0.25) is 4.79 Å². The average Bonchev–Trinajstić information content (AvgIpc) is 2.36. The van der Waals surface area contributed by atoms with E-state index in [1.54, 1.807) is 0 Å². The second-order valence-electron chi connectivity index (χ2n) is 4.81. The Morgan fingerprint density at radius 1 is 1.40 bits per heavy atom. The highest BCUT2D eigenvalue weighted by atomic mass is 19.1. The van der Waals surface area contributed by atoms with Crippen LogP contribution in [0.2, 0.25) is 0 Å². The average molecular weight is 283 g/mol. The molecule has 0 aliphatic rings. The van der Waals surface area contributed by atoms with Crippen LogP contribution in [-0.4, -0.2) is 30.1 Å². The highest BCUT2D eigenvalue weighted by Crippen LogP contribution is 2.21. The first-order valence-corrected chi connectivity index (χ1v) is 6.23. The van der Waals surface area contributed by atoms with E-state index < -0.39 is 23.7 Å². The fourth-order valence-corrected chi connectivity index (χ4v) is 1.82. The van der Waals surface area contributed by atoms with E-state index in [1.165, 1.54) is 19.2 Å². The number of benzene rings is 1. The molecule has 0 unspecified atom stereocenters.